The molecule has 0 aliphatic rings. The normalized spacial score (nSPS) is 11.5. The van der Waals surface area contributed by atoms with Crippen LogP contribution in [0.25, 0.3) is 0 Å². The highest BCUT2D eigenvalue weighted by Gasteiger charge is 2.31. The third kappa shape index (κ3) is 6.94. The number of amides is 2. The molecular weight excluding hydrogens is 493 g/mol. The van der Waals surface area contributed by atoms with Crippen molar-refractivity contribution >= 4 is 35.0 Å². The summed E-state index contributed by atoms with van der Waals surface area (Å²) in [5.74, 6) is -0.448. The SMILES string of the molecule is O=C(NCc1ccncc1)[C@@H](c1ccccc1)N(Cc1ccc(Cl)cc1)C(=O)Cc1ccc(Cl)cc1. The number of benzene rings is 3. The quantitative estimate of drug-likeness (QED) is 0.295. The van der Waals surface area contributed by atoms with E-state index in [-0.39, 0.29) is 24.8 Å². The predicted octanol–water partition coefficient (Wildman–Crippen LogP) is 6.02. The Labute approximate surface area is 220 Å². The van der Waals surface area contributed by atoms with E-state index in [4.69, 9.17) is 23.2 Å². The van der Waals surface area contributed by atoms with Gasteiger partial charge in [-0.2, -0.15) is 0 Å². The molecule has 36 heavy (non-hydrogen) atoms. The fourth-order valence-corrected chi connectivity index (χ4v) is 4.14. The van der Waals surface area contributed by atoms with Gasteiger partial charge in [-0.05, 0) is 58.7 Å². The molecule has 1 N–H and O–H groups in total. The molecule has 0 radical (unpaired) electrons. The van der Waals surface area contributed by atoms with E-state index in [0.717, 1.165) is 22.3 Å². The maximum absolute atomic E-state index is 13.7. The number of halogens is 2. The molecule has 0 aliphatic heterocycles. The van der Waals surface area contributed by atoms with E-state index in [9.17, 15) is 9.59 Å². The number of nitrogens with one attached hydrogen (secondary N) is 1. The van der Waals surface area contributed by atoms with Crippen LogP contribution in [0.1, 0.15) is 28.3 Å². The number of aromatic nitrogens is 1. The summed E-state index contributed by atoms with van der Waals surface area (Å²) in [6.07, 6.45) is 3.49. The van der Waals surface area contributed by atoms with Crippen LogP contribution in [0.15, 0.2) is 103 Å². The summed E-state index contributed by atoms with van der Waals surface area (Å²) >= 11 is 12.1. The van der Waals surface area contributed by atoms with Crippen molar-refractivity contribution < 1.29 is 9.59 Å². The van der Waals surface area contributed by atoms with Crippen molar-refractivity contribution in [1.29, 1.82) is 0 Å². The van der Waals surface area contributed by atoms with E-state index in [1.54, 1.807) is 41.6 Å². The van der Waals surface area contributed by atoms with Crippen LogP contribution in [-0.4, -0.2) is 21.7 Å². The number of nitrogens with zero attached hydrogens (tertiary/aromatic N) is 2. The van der Waals surface area contributed by atoms with Crippen LogP contribution in [0.2, 0.25) is 10.0 Å². The van der Waals surface area contributed by atoms with Crippen molar-refractivity contribution in [3.05, 3.63) is 136 Å². The zero-order valence-electron chi connectivity index (χ0n) is 19.5. The molecule has 182 valence electrons. The van der Waals surface area contributed by atoms with Crippen LogP contribution >= 0.6 is 23.2 Å². The minimum Gasteiger partial charge on any atom is -0.350 e. The zero-order valence-corrected chi connectivity index (χ0v) is 21.0. The highest BCUT2D eigenvalue weighted by Crippen LogP contribution is 2.26. The topological polar surface area (TPSA) is 62.3 Å². The maximum atomic E-state index is 13.7. The van der Waals surface area contributed by atoms with Gasteiger partial charge in [-0.25, -0.2) is 0 Å². The molecule has 1 atom stereocenters. The van der Waals surface area contributed by atoms with E-state index in [0.29, 0.717) is 16.6 Å². The van der Waals surface area contributed by atoms with Crippen molar-refractivity contribution in [2.24, 2.45) is 0 Å². The Morgan fingerprint density at radius 3 is 1.94 bits per heavy atom. The molecular formula is C29H25Cl2N3O2. The van der Waals surface area contributed by atoms with Crippen LogP contribution in [0, 0.1) is 0 Å². The molecule has 0 unspecified atom stereocenters. The standard InChI is InChI=1S/C29H25Cl2N3O2/c30-25-10-6-21(7-11-25)18-27(35)34(20-23-8-12-26(31)13-9-23)28(24-4-2-1-3-5-24)29(36)33-19-22-14-16-32-17-15-22/h1-17,28H,18-20H2,(H,33,36)/t28-/m1/s1. The maximum Gasteiger partial charge on any atom is 0.247 e. The third-order valence-electron chi connectivity index (χ3n) is 5.75. The number of carbonyl (C=O) groups excluding carboxylic acids is 2. The van der Waals surface area contributed by atoms with Crippen molar-refractivity contribution in [3.63, 3.8) is 0 Å². The molecule has 4 rings (SSSR count). The fourth-order valence-electron chi connectivity index (χ4n) is 3.88. The Morgan fingerprint density at radius 2 is 1.33 bits per heavy atom. The molecule has 7 heteroatoms. The fraction of sp³-hybridized carbons (Fsp3) is 0.138. The predicted molar refractivity (Wildman–Crippen MR) is 142 cm³/mol. The van der Waals surface area contributed by atoms with Crippen molar-refractivity contribution in [1.82, 2.24) is 15.2 Å². The van der Waals surface area contributed by atoms with Gasteiger partial charge in [0.2, 0.25) is 11.8 Å². The highest BCUT2D eigenvalue weighted by atomic mass is 35.5. The minimum atomic E-state index is -0.830. The van der Waals surface area contributed by atoms with E-state index in [1.165, 1.54) is 0 Å². The van der Waals surface area contributed by atoms with Crippen molar-refractivity contribution in [3.8, 4) is 0 Å². The highest BCUT2D eigenvalue weighted by molar-refractivity contribution is 6.30. The summed E-state index contributed by atoms with van der Waals surface area (Å²) in [6.45, 7) is 0.566. The van der Waals surface area contributed by atoms with Gasteiger partial charge in [0.05, 0.1) is 6.42 Å². The number of hydrogen-bond acceptors (Lipinski definition) is 3. The summed E-state index contributed by atoms with van der Waals surface area (Å²) in [6, 6.07) is 26.6. The molecule has 2 amide bonds. The van der Waals surface area contributed by atoms with Gasteiger partial charge in [0.1, 0.15) is 6.04 Å². The summed E-state index contributed by atoms with van der Waals surface area (Å²) in [7, 11) is 0. The third-order valence-corrected chi connectivity index (χ3v) is 6.25. The van der Waals surface area contributed by atoms with E-state index >= 15 is 0 Å². The second kappa shape index (κ2) is 12.3. The summed E-state index contributed by atoms with van der Waals surface area (Å²) < 4.78 is 0. The molecule has 0 bridgehead atoms. The average molecular weight is 518 g/mol. The Morgan fingerprint density at radius 1 is 0.750 bits per heavy atom. The smallest absolute Gasteiger partial charge is 0.247 e. The first-order valence-corrected chi connectivity index (χ1v) is 12.2. The van der Waals surface area contributed by atoms with Gasteiger partial charge in [0, 0.05) is 35.5 Å². The monoisotopic (exact) mass is 517 g/mol. The minimum absolute atomic E-state index is 0.131. The molecule has 0 fully saturated rings. The van der Waals surface area contributed by atoms with Gasteiger partial charge >= 0.3 is 0 Å². The first kappa shape index (κ1) is 25.4. The van der Waals surface area contributed by atoms with Crippen LogP contribution in [0.3, 0.4) is 0 Å². The molecule has 4 aromatic rings. The van der Waals surface area contributed by atoms with Gasteiger partial charge in [-0.3, -0.25) is 14.6 Å². The molecule has 1 heterocycles. The Kier molecular flexibility index (Phi) is 8.71. The molecule has 0 saturated carbocycles. The molecule has 5 nitrogen and oxygen atoms in total. The Bertz CT molecular complexity index is 1280. The molecule has 0 spiro atoms. The Balaban J connectivity index is 1.67. The van der Waals surface area contributed by atoms with Gasteiger partial charge in [0.15, 0.2) is 0 Å². The largest absolute Gasteiger partial charge is 0.350 e. The second-order valence-corrected chi connectivity index (χ2v) is 9.21. The van der Waals surface area contributed by atoms with Gasteiger partial charge in [-0.1, -0.05) is 77.8 Å². The molecule has 0 aliphatic carbocycles. The lowest BCUT2D eigenvalue weighted by atomic mass is 10.0. The lowest BCUT2D eigenvalue weighted by molar-refractivity contribution is -0.141. The van der Waals surface area contributed by atoms with E-state index in [2.05, 4.69) is 10.3 Å². The van der Waals surface area contributed by atoms with E-state index < -0.39 is 6.04 Å². The van der Waals surface area contributed by atoms with E-state index in [1.807, 2.05) is 66.7 Å². The van der Waals surface area contributed by atoms with Gasteiger partial charge in [0.25, 0.3) is 0 Å². The molecule has 1 aromatic heterocycles. The lowest BCUT2D eigenvalue weighted by Gasteiger charge is -2.32. The number of carbonyl (C=O) groups is 2. The number of pyridine rings is 1. The second-order valence-electron chi connectivity index (χ2n) is 8.34. The van der Waals surface area contributed by atoms with Crippen molar-refractivity contribution in [2.45, 2.75) is 25.6 Å². The summed E-state index contributed by atoms with van der Waals surface area (Å²) in [5, 5.41) is 4.20. The average Bonchev–Trinajstić information content (AvgIpc) is 2.91. The van der Waals surface area contributed by atoms with Crippen LogP contribution < -0.4 is 5.32 Å². The van der Waals surface area contributed by atoms with Crippen LogP contribution in [0.4, 0.5) is 0 Å². The molecule has 3 aromatic carbocycles. The zero-order chi connectivity index (χ0) is 25.3. The summed E-state index contributed by atoms with van der Waals surface area (Å²) in [4.78, 5) is 33.0. The number of rotatable bonds is 9. The van der Waals surface area contributed by atoms with Crippen LogP contribution in [0.5, 0.6) is 0 Å². The van der Waals surface area contributed by atoms with Crippen LogP contribution in [-0.2, 0) is 29.1 Å². The first-order chi connectivity index (χ1) is 17.5. The number of hydrogen-bond donors (Lipinski definition) is 1. The van der Waals surface area contributed by atoms with Gasteiger partial charge < -0.3 is 10.2 Å². The first-order valence-electron chi connectivity index (χ1n) is 11.5. The van der Waals surface area contributed by atoms with Crippen molar-refractivity contribution in [2.75, 3.05) is 0 Å². The Hall–Kier alpha value is -3.67. The molecule has 0 saturated heterocycles. The van der Waals surface area contributed by atoms with Gasteiger partial charge in [-0.15, -0.1) is 0 Å². The lowest BCUT2D eigenvalue weighted by Crippen LogP contribution is -2.43. The summed E-state index contributed by atoms with van der Waals surface area (Å²) in [5.41, 5.74) is 3.33.